The first-order chi connectivity index (χ1) is 7.26. The molecule has 15 heavy (non-hydrogen) atoms. The smallest absolute Gasteiger partial charge is 0.0794 e. The van der Waals surface area contributed by atoms with E-state index in [2.05, 4.69) is 18.8 Å². The maximum atomic E-state index is 9.59. The van der Waals surface area contributed by atoms with Gasteiger partial charge in [0.25, 0.3) is 0 Å². The lowest BCUT2D eigenvalue weighted by molar-refractivity contribution is 0.108. The van der Waals surface area contributed by atoms with Crippen LogP contribution in [0.2, 0.25) is 0 Å². The quantitative estimate of drug-likeness (QED) is 0.775. The zero-order valence-electron chi connectivity index (χ0n) is 9.70. The fourth-order valence-electron chi connectivity index (χ4n) is 1.89. The predicted molar refractivity (Wildman–Crippen MR) is 65.2 cm³/mol. The maximum absolute atomic E-state index is 9.59. The molecule has 86 valence electrons. The molecule has 1 aromatic rings. The number of hydrogen-bond acceptors (Lipinski definition) is 3. The van der Waals surface area contributed by atoms with Gasteiger partial charge in [-0.05, 0) is 24.7 Å². The minimum Gasteiger partial charge on any atom is -0.396 e. The van der Waals surface area contributed by atoms with Gasteiger partial charge < -0.3 is 5.11 Å². The standard InChI is InChI=1S/C12H21NOS/c1-3-5-6-12(4-2,9-14)7-11-8-13-10-15-11/h8,10,14H,3-7,9H2,1-2H3. The van der Waals surface area contributed by atoms with Crippen LogP contribution in [-0.4, -0.2) is 16.7 Å². The summed E-state index contributed by atoms with van der Waals surface area (Å²) >= 11 is 1.69. The highest BCUT2D eigenvalue weighted by Gasteiger charge is 2.27. The van der Waals surface area contributed by atoms with Gasteiger partial charge in [0.1, 0.15) is 0 Å². The van der Waals surface area contributed by atoms with Gasteiger partial charge in [0.15, 0.2) is 0 Å². The number of rotatable bonds is 7. The van der Waals surface area contributed by atoms with Crippen molar-refractivity contribution in [3.8, 4) is 0 Å². The molecule has 2 nitrogen and oxygen atoms in total. The fourth-order valence-corrected chi connectivity index (χ4v) is 2.66. The lowest BCUT2D eigenvalue weighted by atomic mass is 9.78. The van der Waals surface area contributed by atoms with Gasteiger partial charge in [0, 0.05) is 17.7 Å². The Morgan fingerprint density at radius 3 is 2.73 bits per heavy atom. The third kappa shape index (κ3) is 3.58. The molecule has 0 radical (unpaired) electrons. The molecule has 1 rings (SSSR count). The SMILES string of the molecule is CCCCC(CC)(CO)Cc1cncs1. The first-order valence-electron chi connectivity index (χ1n) is 5.74. The molecule has 0 aliphatic heterocycles. The Labute approximate surface area is 96.4 Å². The van der Waals surface area contributed by atoms with E-state index >= 15 is 0 Å². The highest BCUT2D eigenvalue weighted by molar-refractivity contribution is 7.09. The van der Waals surface area contributed by atoms with Crippen molar-refractivity contribution in [2.45, 2.75) is 46.0 Å². The van der Waals surface area contributed by atoms with Gasteiger partial charge in [-0.1, -0.05) is 26.7 Å². The normalized spacial score (nSPS) is 15.1. The van der Waals surface area contributed by atoms with Crippen molar-refractivity contribution in [3.05, 3.63) is 16.6 Å². The molecule has 0 amide bonds. The summed E-state index contributed by atoms with van der Waals surface area (Å²) in [5, 5.41) is 9.59. The Kier molecular flexibility index (Phi) is 5.26. The van der Waals surface area contributed by atoms with E-state index in [1.807, 2.05) is 11.7 Å². The van der Waals surface area contributed by atoms with Crippen LogP contribution in [0.4, 0.5) is 0 Å². The van der Waals surface area contributed by atoms with Crippen LogP contribution >= 0.6 is 11.3 Å². The second-order valence-corrected chi connectivity index (χ2v) is 5.23. The Morgan fingerprint density at radius 2 is 2.27 bits per heavy atom. The van der Waals surface area contributed by atoms with E-state index in [9.17, 15) is 5.11 Å². The van der Waals surface area contributed by atoms with E-state index in [0.29, 0.717) is 6.61 Å². The van der Waals surface area contributed by atoms with Crippen LogP contribution in [0.1, 0.15) is 44.4 Å². The number of aromatic nitrogens is 1. The summed E-state index contributed by atoms with van der Waals surface area (Å²) in [6.45, 7) is 4.67. The lowest BCUT2D eigenvalue weighted by Crippen LogP contribution is -2.27. The van der Waals surface area contributed by atoms with Gasteiger partial charge in [-0.25, -0.2) is 0 Å². The molecule has 0 saturated heterocycles. The highest BCUT2D eigenvalue weighted by Crippen LogP contribution is 2.33. The van der Waals surface area contributed by atoms with Crippen LogP contribution in [0.5, 0.6) is 0 Å². The molecule has 1 heterocycles. The molecular weight excluding hydrogens is 206 g/mol. The summed E-state index contributed by atoms with van der Waals surface area (Å²) in [6, 6.07) is 0. The average Bonchev–Trinajstić information content (AvgIpc) is 2.77. The monoisotopic (exact) mass is 227 g/mol. The zero-order valence-corrected chi connectivity index (χ0v) is 10.5. The fraction of sp³-hybridized carbons (Fsp3) is 0.750. The maximum Gasteiger partial charge on any atom is 0.0794 e. The van der Waals surface area contributed by atoms with Crippen LogP contribution in [0.15, 0.2) is 11.7 Å². The molecule has 3 heteroatoms. The molecule has 0 bridgehead atoms. The van der Waals surface area contributed by atoms with Crippen LogP contribution in [0, 0.1) is 5.41 Å². The summed E-state index contributed by atoms with van der Waals surface area (Å²) in [4.78, 5) is 5.39. The molecular formula is C12H21NOS. The molecule has 1 unspecified atom stereocenters. The molecule has 0 aromatic carbocycles. The number of aliphatic hydroxyl groups is 1. The number of thiazole rings is 1. The van der Waals surface area contributed by atoms with E-state index < -0.39 is 0 Å². The Morgan fingerprint density at radius 1 is 1.47 bits per heavy atom. The van der Waals surface area contributed by atoms with Gasteiger partial charge in [0.05, 0.1) is 5.51 Å². The minimum absolute atomic E-state index is 0.0859. The molecule has 0 saturated carbocycles. The highest BCUT2D eigenvalue weighted by atomic mass is 32.1. The molecule has 0 aliphatic rings. The largest absolute Gasteiger partial charge is 0.396 e. The lowest BCUT2D eigenvalue weighted by Gasteiger charge is -2.30. The minimum atomic E-state index is 0.0859. The summed E-state index contributed by atoms with van der Waals surface area (Å²) in [6.07, 6.45) is 7.47. The average molecular weight is 227 g/mol. The van der Waals surface area contributed by atoms with Gasteiger partial charge in [-0.2, -0.15) is 0 Å². The second kappa shape index (κ2) is 6.23. The van der Waals surface area contributed by atoms with Crippen LogP contribution < -0.4 is 0 Å². The molecule has 1 aromatic heterocycles. The third-order valence-corrected chi connectivity index (χ3v) is 3.96. The second-order valence-electron chi connectivity index (χ2n) is 4.26. The number of nitrogens with zero attached hydrogens (tertiary/aromatic N) is 1. The summed E-state index contributed by atoms with van der Waals surface area (Å²) < 4.78 is 0. The van der Waals surface area contributed by atoms with Crippen molar-refractivity contribution < 1.29 is 5.11 Å². The van der Waals surface area contributed by atoms with Crippen molar-refractivity contribution in [1.29, 1.82) is 0 Å². The number of aliphatic hydroxyl groups excluding tert-OH is 1. The Hall–Kier alpha value is -0.410. The molecule has 0 fully saturated rings. The first kappa shape index (κ1) is 12.7. The molecule has 0 aliphatic carbocycles. The third-order valence-electron chi connectivity index (χ3n) is 3.18. The van der Waals surface area contributed by atoms with Crippen molar-refractivity contribution >= 4 is 11.3 Å². The first-order valence-corrected chi connectivity index (χ1v) is 6.62. The topological polar surface area (TPSA) is 33.1 Å². The summed E-state index contributed by atoms with van der Waals surface area (Å²) in [5.74, 6) is 0. The van der Waals surface area contributed by atoms with E-state index in [-0.39, 0.29) is 5.41 Å². The van der Waals surface area contributed by atoms with Crippen molar-refractivity contribution in [1.82, 2.24) is 4.98 Å². The van der Waals surface area contributed by atoms with E-state index in [1.54, 1.807) is 11.3 Å². The van der Waals surface area contributed by atoms with Crippen LogP contribution in [0.3, 0.4) is 0 Å². The zero-order chi connectivity index (χ0) is 11.1. The van der Waals surface area contributed by atoms with Crippen LogP contribution in [0.25, 0.3) is 0 Å². The van der Waals surface area contributed by atoms with Crippen LogP contribution in [-0.2, 0) is 6.42 Å². The molecule has 1 N–H and O–H groups in total. The van der Waals surface area contributed by atoms with Gasteiger partial charge in [-0.15, -0.1) is 11.3 Å². The molecule has 0 spiro atoms. The summed E-state index contributed by atoms with van der Waals surface area (Å²) in [7, 11) is 0. The van der Waals surface area contributed by atoms with Gasteiger partial charge >= 0.3 is 0 Å². The van der Waals surface area contributed by atoms with E-state index in [4.69, 9.17) is 0 Å². The van der Waals surface area contributed by atoms with Gasteiger partial charge in [0.2, 0.25) is 0 Å². The molecule has 1 atom stereocenters. The summed E-state index contributed by atoms with van der Waals surface area (Å²) in [5.41, 5.74) is 1.95. The van der Waals surface area contributed by atoms with Crippen molar-refractivity contribution in [3.63, 3.8) is 0 Å². The predicted octanol–water partition coefficient (Wildman–Crippen LogP) is 3.26. The van der Waals surface area contributed by atoms with Gasteiger partial charge in [-0.3, -0.25) is 4.98 Å². The van der Waals surface area contributed by atoms with Crippen molar-refractivity contribution in [2.24, 2.45) is 5.41 Å². The van der Waals surface area contributed by atoms with E-state index in [0.717, 1.165) is 19.3 Å². The number of hydrogen-bond donors (Lipinski definition) is 1. The Bertz CT molecular complexity index is 255. The number of unbranched alkanes of at least 4 members (excludes halogenated alkanes) is 1. The Balaban J connectivity index is 2.63. The van der Waals surface area contributed by atoms with Crippen molar-refractivity contribution in [2.75, 3.05) is 6.61 Å². The van der Waals surface area contributed by atoms with E-state index in [1.165, 1.54) is 17.7 Å².